The van der Waals surface area contributed by atoms with Gasteiger partial charge in [-0.15, -0.1) is 0 Å². The first-order valence-corrected chi connectivity index (χ1v) is 5.73. The quantitative estimate of drug-likeness (QED) is 0.572. The molecule has 2 atom stereocenters. The summed E-state index contributed by atoms with van der Waals surface area (Å²) in [5.74, 6) is 0. The third kappa shape index (κ3) is 7.03. The Morgan fingerprint density at radius 3 is 1.92 bits per heavy atom. The molecule has 13 heavy (non-hydrogen) atoms. The van der Waals surface area contributed by atoms with E-state index in [-0.39, 0.29) is 12.1 Å². The Morgan fingerprint density at radius 1 is 0.769 bits per heavy atom. The summed E-state index contributed by atoms with van der Waals surface area (Å²) >= 11 is 0. The fourth-order valence-corrected chi connectivity index (χ4v) is 1.57. The minimum atomic E-state index is 0.214. The van der Waals surface area contributed by atoms with Crippen LogP contribution in [-0.2, 0) is 0 Å². The molecular weight excluding hydrogens is 160 g/mol. The van der Waals surface area contributed by atoms with Crippen molar-refractivity contribution < 1.29 is 0 Å². The highest BCUT2D eigenvalue weighted by molar-refractivity contribution is 4.75. The number of hydrogen-bond donors (Lipinski definition) is 2. The third-order valence-corrected chi connectivity index (χ3v) is 2.56. The zero-order valence-corrected chi connectivity index (χ0v) is 9.26. The van der Waals surface area contributed by atoms with E-state index in [9.17, 15) is 0 Å². The molecule has 0 spiro atoms. The van der Waals surface area contributed by atoms with Crippen LogP contribution in [0.4, 0.5) is 0 Å². The summed E-state index contributed by atoms with van der Waals surface area (Å²) in [6, 6.07) is 0.434. The molecule has 2 heteroatoms. The van der Waals surface area contributed by atoms with Gasteiger partial charge in [0.05, 0.1) is 0 Å². The lowest BCUT2D eigenvalue weighted by Gasteiger charge is -2.18. The Labute approximate surface area is 83.1 Å². The standard InChI is InChI=1S/C11H26N2/c1-3-5-6-7-9-11(13)10(12)8-4-2/h10-11H,3-9,12-13H2,1-2H3. The van der Waals surface area contributed by atoms with Crippen LogP contribution in [0.1, 0.15) is 58.8 Å². The van der Waals surface area contributed by atoms with Crippen LogP contribution < -0.4 is 11.5 Å². The Balaban J connectivity index is 3.32. The average Bonchev–Trinajstić information content (AvgIpc) is 2.12. The molecule has 0 saturated heterocycles. The summed E-state index contributed by atoms with van der Waals surface area (Å²) in [7, 11) is 0. The molecule has 0 radical (unpaired) electrons. The molecule has 0 aliphatic rings. The maximum absolute atomic E-state index is 5.96. The van der Waals surface area contributed by atoms with Crippen molar-refractivity contribution in [3.63, 3.8) is 0 Å². The van der Waals surface area contributed by atoms with Gasteiger partial charge in [-0.1, -0.05) is 46.0 Å². The first-order valence-electron chi connectivity index (χ1n) is 5.73. The molecule has 0 aromatic carbocycles. The first kappa shape index (κ1) is 12.9. The molecule has 4 N–H and O–H groups in total. The Bertz CT molecular complexity index is 104. The van der Waals surface area contributed by atoms with Crippen LogP contribution in [0, 0.1) is 0 Å². The van der Waals surface area contributed by atoms with Crippen LogP contribution in [0.2, 0.25) is 0 Å². The number of hydrogen-bond acceptors (Lipinski definition) is 2. The van der Waals surface area contributed by atoms with Crippen LogP contribution in [0.5, 0.6) is 0 Å². The van der Waals surface area contributed by atoms with Crippen molar-refractivity contribution in [3.8, 4) is 0 Å². The molecule has 0 aromatic heterocycles. The van der Waals surface area contributed by atoms with Crippen molar-refractivity contribution in [2.24, 2.45) is 11.5 Å². The second-order valence-corrected chi connectivity index (χ2v) is 3.97. The molecule has 0 aromatic rings. The van der Waals surface area contributed by atoms with Crippen LogP contribution in [0.3, 0.4) is 0 Å². The molecule has 80 valence electrons. The van der Waals surface area contributed by atoms with E-state index in [1.807, 2.05) is 0 Å². The van der Waals surface area contributed by atoms with Crippen molar-refractivity contribution >= 4 is 0 Å². The summed E-state index contributed by atoms with van der Waals surface area (Å²) in [5.41, 5.74) is 11.9. The molecular formula is C11H26N2. The third-order valence-electron chi connectivity index (χ3n) is 2.56. The van der Waals surface area contributed by atoms with Crippen molar-refractivity contribution in [2.45, 2.75) is 70.9 Å². The summed E-state index contributed by atoms with van der Waals surface area (Å²) < 4.78 is 0. The van der Waals surface area contributed by atoms with Gasteiger partial charge < -0.3 is 11.5 Å². The Hall–Kier alpha value is -0.0800. The highest BCUT2D eigenvalue weighted by Crippen LogP contribution is 2.08. The molecule has 0 heterocycles. The van der Waals surface area contributed by atoms with Gasteiger partial charge in [-0.3, -0.25) is 0 Å². The van der Waals surface area contributed by atoms with Gasteiger partial charge >= 0.3 is 0 Å². The molecule has 0 amide bonds. The van der Waals surface area contributed by atoms with Crippen LogP contribution in [0.15, 0.2) is 0 Å². The van der Waals surface area contributed by atoms with Gasteiger partial charge in [-0.05, 0) is 12.8 Å². The topological polar surface area (TPSA) is 52.0 Å². The molecule has 0 saturated carbocycles. The minimum Gasteiger partial charge on any atom is -0.326 e. The summed E-state index contributed by atoms with van der Waals surface area (Å²) in [4.78, 5) is 0. The lowest BCUT2D eigenvalue weighted by molar-refractivity contribution is 0.446. The van der Waals surface area contributed by atoms with Crippen molar-refractivity contribution in [3.05, 3.63) is 0 Å². The largest absolute Gasteiger partial charge is 0.326 e. The van der Waals surface area contributed by atoms with E-state index in [0.717, 1.165) is 19.3 Å². The molecule has 0 fully saturated rings. The molecule has 0 bridgehead atoms. The van der Waals surface area contributed by atoms with Gasteiger partial charge in [0.15, 0.2) is 0 Å². The van der Waals surface area contributed by atoms with Gasteiger partial charge in [-0.25, -0.2) is 0 Å². The molecule has 2 nitrogen and oxygen atoms in total. The van der Waals surface area contributed by atoms with E-state index in [1.165, 1.54) is 25.7 Å². The lowest BCUT2D eigenvalue weighted by atomic mass is 9.99. The molecule has 0 aliphatic heterocycles. The second kappa shape index (κ2) is 8.52. The fraction of sp³-hybridized carbons (Fsp3) is 1.00. The van der Waals surface area contributed by atoms with Gasteiger partial charge in [-0.2, -0.15) is 0 Å². The number of unbranched alkanes of at least 4 members (excludes halogenated alkanes) is 3. The van der Waals surface area contributed by atoms with E-state index in [2.05, 4.69) is 13.8 Å². The maximum Gasteiger partial charge on any atom is 0.0192 e. The highest BCUT2D eigenvalue weighted by Gasteiger charge is 2.10. The van der Waals surface area contributed by atoms with Crippen molar-refractivity contribution in [1.82, 2.24) is 0 Å². The zero-order chi connectivity index (χ0) is 10.1. The van der Waals surface area contributed by atoms with Crippen molar-refractivity contribution in [1.29, 1.82) is 0 Å². The number of rotatable bonds is 8. The predicted octanol–water partition coefficient (Wildman–Crippen LogP) is 2.41. The smallest absolute Gasteiger partial charge is 0.0192 e. The summed E-state index contributed by atoms with van der Waals surface area (Å²) in [6.45, 7) is 4.38. The lowest BCUT2D eigenvalue weighted by Crippen LogP contribution is -2.41. The predicted molar refractivity (Wildman–Crippen MR) is 59.6 cm³/mol. The van der Waals surface area contributed by atoms with Gasteiger partial charge in [0, 0.05) is 12.1 Å². The summed E-state index contributed by atoms with van der Waals surface area (Å²) in [5, 5.41) is 0. The highest BCUT2D eigenvalue weighted by atomic mass is 14.8. The minimum absolute atomic E-state index is 0.214. The van der Waals surface area contributed by atoms with E-state index in [0.29, 0.717) is 0 Å². The Kier molecular flexibility index (Phi) is 8.46. The van der Waals surface area contributed by atoms with Gasteiger partial charge in [0.1, 0.15) is 0 Å². The molecule has 2 unspecified atom stereocenters. The van der Waals surface area contributed by atoms with Crippen molar-refractivity contribution in [2.75, 3.05) is 0 Å². The van der Waals surface area contributed by atoms with Gasteiger partial charge in [0.2, 0.25) is 0 Å². The molecule has 0 aliphatic carbocycles. The average molecular weight is 186 g/mol. The molecule has 0 rings (SSSR count). The number of nitrogens with two attached hydrogens (primary N) is 2. The van der Waals surface area contributed by atoms with E-state index in [4.69, 9.17) is 11.5 Å². The van der Waals surface area contributed by atoms with Crippen LogP contribution in [-0.4, -0.2) is 12.1 Å². The SMILES string of the molecule is CCCCCCC(N)C(N)CCC. The van der Waals surface area contributed by atoms with Gasteiger partial charge in [0.25, 0.3) is 0 Å². The zero-order valence-electron chi connectivity index (χ0n) is 9.26. The fourth-order valence-electron chi connectivity index (χ4n) is 1.57. The second-order valence-electron chi connectivity index (χ2n) is 3.97. The van der Waals surface area contributed by atoms with E-state index in [1.54, 1.807) is 0 Å². The Morgan fingerprint density at radius 2 is 1.38 bits per heavy atom. The van der Waals surface area contributed by atoms with Crippen LogP contribution in [0.25, 0.3) is 0 Å². The summed E-state index contributed by atoms with van der Waals surface area (Å²) in [6.07, 6.45) is 8.47. The first-order chi connectivity index (χ1) is 6.22. The van der Waals surface area contributed by atoms with Crippen LogP contribution >= 0.6 is 0 Å². The normalized spacial score (nSPS) is 15.7. The van der Waals surface area contributed by atoms with E-state index >= 15 is 0 Å². The maximum atomic E-state index is 5.96. The monoisotopic (exact) mass is 186 g/mol. The van der Waals surface area contributed by atoms with E-state index < -0.39 is 0 Å².